The Hall–Kier alpha value is -2.63. The molecule has 0 atom stereocenters. The fourth-order valence-corrected chi connectivity index (χ4v) is 2.11. The summed E-state index contributed by atoms with van der Waals surface area (Å²) in [6.07, 6.45) is 11.0. The molecule has 3 aromatic heterocycles. The number of nitrogens with one attached hydrogen (secondary N) is 1. The number of rotatable bonds is 6. The Kier molecular flexibility index (Phi) is 3.95. The zero-order valence-corrected chi connectivity index (χ0v) is 11.9. The normalized spacial score (nSPS) is 10.7. The number of nitrogens with zero attached hydrogens (tertiary/aromatic N) is 4. The molecule has 3 rings (SSSR count). The van der Waals surface area contributed by atoms with Crippen molar-refractivity contribution in [1.82, 2.24) is 19.4 Å². The van der Waals surface area contributed by atoms with Crippen molar-refractivity contribution in [2.45, 2.75) is 12.8 Å². The minimum absolute atomic E-state index is 0.557. The summed E-state index contributed by atoms with van der Waals surface area (Å²) >= 11 is 0. The molecule has 0 fully saturated rings. The Morgan fingerprint density at radius 2 is 2.10 bits per heavy atom. The lowest BCUT2D eigenvalue weighted by atomic mass is 10.1. The summed E-state index contributed by atoms with van der Waals surface area (Å²) in [5, 5.41) is 3.02. The third-order valence-corrected chi connectivity index (χ3v) is 3.20. The average Bonchev–Trinajstić information content (AvgIpc) is 3.00. The topological polar surface area (TPSA) is 64.3 Å². The number of aryl methyl sites for hydroxylation is 1. The van der Waals surface area contributed by atoms with Gasteiger partial charge in [0.25, 0.3) is 5.88 Å². The summed E-state index contributed by atoms with van der Waals surface area (Å²) in [6.45, 7) is 0.602. The van der Waals surface area contributed by atoms with E-state index in [2.05, 4.69) is 20.3 Å². The van der Waals surface area contributed by atoms with Crippen LogP contribution in [-0.4, -0.2) is 33.0 Å². The number of hydrogen-bond acceptors (Lipinski definition) is 5. The second-order valence-electron chi connectivity index (χ2n) is 4.65. The van der Waals surface area contributed by atoms with Gasteiger partial charge in [0, 0.05) is 31.8 Å². The molecular weight excluding hydrogens is 266 g/mol. The van der Waals surface area contributed by atoms with Crippen LogP contribution in [0.15, 0.2) is 43.1 Å². The van der Waals surface area contributed by atoms with E-state index in [0.717, 1.165) is 24.3 Å². The smallest absolute Gasteiger partial charge is 0.260 e. The quantitative estimate of drug-likeness (QED) is 0.702. The van der Waals surface area contributed by atoms with Gasteiger partial charge < -0.3 is 10.1 Å². The van der Waals surface area contributed by atoms with Gasteiger partial charge in [-0.25, -0.2) is 4.98 Å². The van der Waals surface area contributed by atoms with Crippen molar-refractivity contribution in [1.29, 1.82) is 0 Å². The van der Waals surface area contributed by atoms with Crippen LogP contribution in [0.5, 0.6) is 5.88 Å². The third-order valence-electron chi connectivity index (χ3n) is 3.20. The van der Waals surface area contributed by atoms with Gasteiger partial charge >= 0.3 is 0 Å². The van der Waals surface area contributed by atoms with Crippen LogP contribution < -0.4 is 10.1 Å². The Bertz CT molecular complexity index is 710. The van der Waals surface area contributed by atoms with Gasteiger partial charge in [0.15, 0.2) is 0 Å². The molecule has 0 radical (unpaired) electrons. The number of hydrogen-bond donors (Lipinski definition) is 1. The Labute approximate surface area is 122 Å². The summed E-state index contributed by atoms with van der Waals surface area (Å²) in [4.78, 5) is 12.7. The molecule has 6 nitrogen and oxygen atoms in total. The van der Waals surface area contributed by atoms with E-state index in [1.807, 2.05) is 48.4 Å². The van der Waals surface area contributed by atoms with Crippen molar-refractivity contribution in [2.75, 3.05) is 19.0 Å². The second kappa shape index (κ2) is 6.21. The van der Waals surface area contributed by atoms with Crippen LogP contribution in [-0.2, 0) is 6.42 Å². The van der Waals surface area contributed by atoms with Gasteiger partial charge in [0.1, 0.15) is 5.82 Å². The predicted molar refractivity (Wildman–Crippen MR) is 80.6 cm³/mol. The lowest BCUT2D eigenvalue weighted by Crippen LogP contribution is -2.05. The van der Waals surface area contributed by atoms with Crippen LogP contribution in [0.25, 0.3) is 5.65 Å². The second-order valence-corrected chi connectivity index (χ2v) is 4.65. The first kappa shape index (κ1) is 13.4. The molecular formula is C15H17N5O. The lowest BCUT2D eigenvalue weighted by Gasteiger charge is -2.08. The van der Waals surface area contributed by atoms with Crippen LogP contribution >= 0.6 is 0 Å². The summed E-state index contributed by atoms with van der Waals surface area (Å²) < 4.78 is 7.69. The minimum Gasteiger partial charge on any atom is -0.475 e. The van der Waals surface area contributed by atoms with Crippen LogP contribution in [0, 0.1) is 0 Å². The van der Waals surface area contributed by atoms with E-state index >= 15 is 0 Å². The van der Waals surface area contributed by atoms with E-state index in [-0.39, 0.29) is 0 Å². The van der Waals surface area contributed by atoms with Crippen molar-refractivity contribution >= 4 is 11.5 Å². The third kappa shape index (κ3) is 3.10. The molecule has 6 heteroatoms. The molecule has 0 aliphatic rings. The summed E-state index contributed by atoms with van der Waals surface area (Å²) in [6, 6.07) is 4.04. The first-order valence-corrected chi connectivity index (χ1v) is 6.90. The number of pyridine rings is 1. The SMILES string of the molecule is CNc1cn2ccnc2c(OCCCc2ccncc2)n1. The summed E-state index contributed by atoms with van der Waals surface area (Å²) in [7, 11) is 1.83. The van der Waals surface area contributed by atoms with Gasteiger partial charge in [-0.05, 0) is 30.5 Å². The molecule has 3 heterocycles. The molecule has 0 amide bonds. The molecule has 21 heavy (non-hydrogen) atoms. The van der Waals surface area contributed by atoms with E-state index in [1.165, 1.54) is 5.56 Å². The molecule has 0 unspecified atom stereocenters. The van der Waals surface area contributed by atoms with Crippen molar-refractivity contribution in [3.63, 3.8) is 0 Å². The van der Waals surface area contributed by atoms with Gasteiger partial charge in [0.2, 0.25) is 5.65 Å². The Balaban J connectivity index is 1.63. The largest absolute Gasteiger partial charge is 0.475 e. The van der Waals surface area contributed by atoms with E-state index in [0.29, 0.717) is 12.5 Å². The van der Waals surface area contributed by atoms with E-state index < -0.39 is 0 Å². The van der Waals surface area contributed by atoms with Gasteiger partial charge in [-0.3, -0.25) is 9.38 Å². The van der Waals surface area contributed by atoms with Crippen molar-refractivity contribution in [2.24, 2.45) is 0 Å². The summed E-state index contributed by atoms with van der Waals surface area (Å²) in [5.41, 5.74) is 1.99. The average molecular weight is 283 g/mol. The van der Waals surface area contributed by atoms with Gasteiger partial charge in [-0.2, -0.15) is 4.98 Å². The molecule has 0 bridgehead atoms. The Morgan fingerprint density at radius 3 is 2.90 bits per heavy atom. The van der Waals surface area contributed by atoms with Gasteiger partial charge in [-0.15, -0.1) is 0 Å². The van der Waals surface area contributed by atoms with Crippen LogP contribution in [0.1, 0.15) is 12.0 Å². The maximum absolute atomic E-state index is 5.79. The number of ether oxygens (including phenoxy) is 1. The first-order valence-electron chi connectivity index (χ1n) is 6.90. The fourth-order valence-electron chi connectivity index (χ4n) is 2.11. The molecule has 3 aromatic rings. The maximum atomic E-state index is 5.79. The minimum atomic E-state index is 0.557. The fraction of sp³-hybridized carbons (Fsp3) is 0.267. The molecule has 1 N–H and O–H groups in total. The molecule has 0 spiro atoms. The van der Waals surface area contributed by atoms with E-state index in [4.69, 9.17) is 4.74 Å². The van der Waals surface area contributed by atoms with E-state index in [9.17, 15) is 0 Å². The highest BCUT2D eigenvalue weighted by Crippen LogP contribution is 2.18. The molecule has 108 valence electrons. The summed E-state index contributed by atoms with van der Waals surface area (Å²) in [5.74, 6) is 1.31. The predicted octanol–water partition coefficient (Wildman–Crippen LogP) is 2.18. The number of imidazole rings is 1. The van der Waals surface area contributed by atoms with Gasteiger partial charge in [0.05, 0.1) is 12.8 Å². The molecule has 0 aliphatic carbocycles. The molecule has 0 saturated heterocycles. The zero-order chi connectivity index (χ0) is 14.5. The highest BCUT2D eigenvalue weighted by Gasteiger charge is 2.08. The van der Waals surface area contributed by atoms with Crippen molar-refractivity contribution in [3.8, 4) is 5.88 Å². The number of aromatic nitrogens is 4. The molecule has 0 saturated carbocycles. The maximum Gasteiger partial charge on any atom is 0.260 e. The Morgan fingerprint density at radius 1 is 1.24 bits per heavy atom. The monoisotopic (exact) mass is 283 g/mol. The number of fused-ring (bicyclic) bond motifs is 1. The lowest BCUT2D eigenvalue weighted by molar-refractivity contribution is 0.301. The van der Waals surface area contributed by atoms with Crippen molar-refractivity contribution < 1.29 is 4.74 Å². The van der Waals surface area contributed by atoms with Crippen LogP contribution in [0.4, 0.5) is 5.82 Å². The molecule has 0 aliphatic heterocycles. The van der Waals surface area contributed by atoms with Crippen LogP contribution in [0.3, 0.4) is 0 Å². The standard InChI is InChI=1S/C15H17N5O/c1-16-13-11-20-9-8-18-14(20)15(19-13)21-10-2-3-12-4-6-17-7-5-12/h4-9,11,16H,2-3,10H2,1H3. The van der Waals surface area contributed by atoms with Crippen molar-refractivity contribution in [3.05, 3.63) is 48.7 Å². The first-order chi connectivity index (χ1) is 10.4. The van der Waals surface area contributed by atoms with Crippen LogP contribution in [0.2, 0.25) is 0 Å². The van der Waals surface area contributed by atoms with E-state index in [1.54, 1.807) is 6.20 Å². The number of anilines is 1. The van der Waals surface area contributed by atoms with Gasteiger partial charge in [-0.1, -0.05) is 0 Å². The molecule has 0 aromatic carbocycles. The zero-order valence-electron chi connectivity index (χ0n) is 11.9. The highest BCUT2D eigenvalue weighted by molar-refractivity contribution is 5.53. The highest BCUT2D eigenvalue weighted by atomic mass is 16.5.